The second kappa shape index (κ2) is 5.71. The maximum absolute atomic E-state index is 10.7. The molecule has 62 valence electrons. The minimum Gasteiger partial charge on any atom is -0.463 e. The van der Waals surface area contributed by atoms with E-state index >= 15 is 0 Å². The van der Waals surface area contributed by atoms with E-state index in [9.17, 15) is 4.79 Å². The van der Waals surface area contributed by atoms with Crippen LogP contribution in [0.3, 0.4) is 0 Å². The summed E-state index contributed by atoms with van der Waals surface area (Å²) in [6.07, 6.45) is 5.09. The van der Waals surface area contributed by atoms with Crippen LogP contribution in [0, 0.1) is 0 Å². The van der Waals surface area contributed by atoms with Crippen LogP contribution in [-0.2, 0) is 9.53 Å². The maximum atomic E-state index is 10.7. The summed E-state index contributed by atoms with van der Waals surface area (Å²) in [5.74, 6) is -0.284. The van der Waals surface area contributed by atoms with Gasteiger partial charge in [-0.05, 0) is 20.8 Å². The van der Waals surface area contributed by atoms with Gasteiger partial charge in [0.1, 0.15) is 0 Å². The van der Waals surface area contributed by atoms with Crippen molar-refractivity contribution >= 4 is 5.97 Å². The zero-order chi connectivity index (χ0) is 8.69. The molecule has 2 nitrogen and oxygen atoms in total. The summed E-state index contributed by atoms with van der Waals surface area (Å²) >= 11 is 0. The monoisotopic (exact) mass is 154 g/mol. The Balaban J connectivity index is 3.83. The molecule has 0 rings (SSSR count). The molecular weight excluding hydrogens is 140 g/mol. The fourth-order valence-corrected chi connectivity index (χ4v) is 0.486. The van der Waals surface area contributed by atoms with Crippen molar-refractivity contribution in [3.05, 3.63) is 23.8 Å². The zero-order valence-corrected chi connectivity index (χ0v) is 7.26. The lowest BCUT2D eigenvalue weighted by molar-refractivity contribution is -0.137. The van der Waals surface area contributed by atoms with Crippen molar-refractivity contribution in [2.75, 3.05) is 6.61 Å². The molecule has 0 saturated carbocycles. The minimum absolute atomic E-state index is 0.284. The second-order valence-corrected chi connectivity index (χ2v) is 2.12. The van der Waals surface area contributed by atoms with Gasteiger partial charge >= 0.3 is 5.97 Å². The minimum atomic E-state index is -0.284. The van der Waals surface area contributed by atoms with Gasteiger partial charge in [-0.25, -0.2) is 4.79 Å². The summed E-state index contributed by atoms with van der Waals surface area (Å²) in [4.78, 5) is 10.7. The van der Waals surface area contributed by atoms with Gasteiger partial charge in [-0.1, -0.05) is 17.7 Å². The summed E-state index contributed by atoms with van der Waals surface area (Å²) in [6, 6.07) is 0. The van der Waals surface area contributed by atoms with Gasteiger partial charge in [0.05, 0.1) is 6.61 Å². The Kier molecular flexibility index (Phi) is 5.17. The zero-order valence-electron chi connectivity index (χ0n) is 7.26. The lowest BCUT2D eigenvalue weighted by atomic mass is 10.3. The molecule has 11 heavy (non-hydrogen) atoms. The van der Waals surface area contributed by atoms with Crippen molar-refractivity contribution in [3.63, 3.8) is 0 Å². The molecule has 0 spiro atoms. The van der Waals surface area contributed by atoms with E-state index < -0.39 is 0 Å². The van der Waals surface area contributed by atoms with E-state index in [2.05, 4.69) is 4.74 Å². The molecule has 0 unspecified atom stereocenters. The summed E-state index contributed by atoms with van der Waals surface area (Å²) in [5, 5.41) is 0. The average Bonchev–Trinajstić information content (AvgIpc) is 2.01. The van der Waals surface area contributed by atoms with E-state index in [1.165, 1.54) is 6.08 Å². The van der Waals surface area contributed by atoms with Gasteiger partial charge in [0, 0.05) is 6.08 Å². The number of carbonyl (C=O) groups is 1. The number of hydrogen-bond donors (Lipinski definition) is 0. The lowest BCUT2D eigenvalue weighted by Crippen LogP contribution is -1.98. The largest absolute Gasteiger partial charge is 0.463 e. The first-order valence-electron chi connectivity index (χ1n) is 3.68. The van der Waals surface area contributed by atoms with Crippen LogP contribution in [0.5, 0.6) is 0 Å². The van der Waals surface area contributed by atoms with Crippen LogP contribution in [0.25, 0.3) is 0 Å². The molecule has 0 bridgehead atoms. The summed E-state index contributed by atoms with van der Waals surface area (Å²) in [5.41, 5.74) is 1.05. The molecule has 0 aromatic rings. The first-order chi connectivity index (χ1) is 5.20. The molecule has 0 aromatic heterocycles. The van der Waals surface area contributed by atoms with Gasteiger partial charge < -0.3 is 4.74 Å². The molecule has 0 aliphatic carbocycles. The molecule has 2 heteroatoms. The molecule has 0 N–H and O–H groups in total. The normalized spacial score (nSPS) is 12.1. The van der Waals surface area contributed by atoms with Gasteiger partial charge in [0.2, 0.25) is 0 Å². The van der Waals surface area contributed by atoms with E-state index in [0.29, 0.717) is 6.61 Å². The number of esters is 1. The first-order valence-corrected chi connectivity index (χ1v) is 3.68. The van der Waals surface area contributed by atoms with Crippen molar-refractivity contribution in [2.24, 2.45) is 0 Å². The van der Waals surface area contributed by atoms with Gasteiger partial charge in [0.15, 0.2) is 0 Å². The summed E-state index contributed by atoms with van der Waals surface area (Å²) in [7, 11) is 0. The molecule has 0 aliphatic heterocycles. The molecule has 0 fully saturated rings. The van der Waals surface area contributed by atoms with Crippen LogP contribution in [0.4, 0.5) is 0 Å². The number of ether oxygens (including phenoxy) is 1. The Morgan fingerprint density at radius 2 is 2.09 bits per heavy atom. The van der Waals surface area contributed by atoms with Crippen molar-refractivity contribution in [1.82, 2.24) is 0 Å². The summed E-state index contributed by atoms with van der Waals surface area (Å²) in [6.45, 7) is 6.06. The Labute approximate surface area is 67.6 Å². The quantitative estimate of drug-likeness (QED) is 0.353. The van der Waals surface area contributed by atoms with Crippen molar-refractivity contribution < 1.29 is 9.53 Å². The maximum Gasteiger partial charge on any atom is 0.330 e. The van der Waals surface area contributed by atoms with Crippen LogP contribution >= 0.6 is 0 Å². The van der Waals surface area contributed by atoms with Crippen LogP contribution in [0.15, 0.2) is 23.8 Å². The van der Waals surface area contributed by atoms with Crippen molar-refractivity contribution in [2.45, 2.75) is 20.8 Å². The molecule has 0 atom stereocenters. The number of allylic oxidation sites excluding steroid dienone is 3. The lowest BCUT2D eigenvalue weighted by Gasteiger charge is -1.93. The molecule has 0 heterocycles. The fourth-order valence-electron chi connectivity index (χ4n) is 0.486. The van der Waals surface area contributed by atoms with Crippen molar-refractivity contribution in [3.8, 4) is 0 Å². The van der Waals surface area contributed by atoms with Gasteiger partial charge in [0.25, 0.3) is 0 Å². The van der Waals surface area contributed by atoms with Gasteiger partial charge in [-0.15, -0.1) is 0 Å². The standard InChI is InChI=1S/C9H14O2/c1-4-8(3)6-7-9(10)11-5-2/h4,6-7H,5H2,1-3H3/b7-6+,8-4+. The molecule has 0 aromatic carbocycles. The van der Waals surface area contributed by atoms with Crippen LogP contribution in [0.2, 0.25) is 0 Å². The highest BCUT2D eigenvalue weighted by atomic mass is 16.5. The van der Waals surface area contributed by atoms with Crippen LogP contribution in [-0.4, -0.2) is 12.6 Å². The van der Waals surface area contributed by atoms with Gasteiger partial charge in [-0.3, -0.25) is 0 Å². The van der Waals surface area contributed by atoms with Gasteiger partial charge in [-0.2, -0.15) is 0 Å². The second-order valence-electron chi connectivity index (χ2n) is 2.12. The Morgan fingerprint density at radius 3 is 2.55 bits per heavy atom. The highest BCUT2D eigenvalue weighted by Crippen LogP contribution is 1.93. The van der Waals surface area contributed by atoms with E-state index in [4.69, 9.17) is 0 Å². The molecule has 0 aliphatic rings. The highest BCUT2D eigenvalue weighted by Gasteiger charge is 1.91. The number of hydrogen-bond acceptors (Lipinski definition) is 2. The average molecular weight is 154 g/mol. The smallest absolute Gasteiger partial charge is 0.330 e. The van der Waals surface area contributed by atoms with E-state index in [0.717, 1.165) is 5.57 Å². The van der Waals surface area contributed by atoms with Crippen molar-refractivity contribution in [1.29, 1.82) is 0 Å². The Morgan fingerprint density at radius 1 is 1.45 bits per heavy atom. The Bertz CT molecular complexity index is 178. The fraction of sp³-hybridized carbons (Fsp3) is 0.444. The molecule has 0 amide bonds. The topological polar surface area (TPSA) is 26.3 Å². The first kappa shape index (κ1) is 9.95. The third-order valence-corrected chi connectivity index (χ3v) is 1.22. The van der Waals surface area contributed by atoms with Crippen LogP contribution in [0.1, 0.15) is 20.8 Å². The third kappa shape index (κ3) is 5.40. The van der Waals surface area contributed by atoms with E-state index in [1.54, 1.807) is 13.0 Å². The third-order valence-electron chi connectivity index (χ3n) is 1.22. The SMILES string of the molecule is C/C=C(C)/C=C/C(=O)OCC. The Hall–Kier alpha value is -1.05. The van der Waals surface area contributed by atoms with E-state index in [-0.39, 0.29) is 5.97 Å². The number of rotatable bonds is 3. The predicted octanol–water partition coefficient (Wildman–Crippen LogP) is 2.07. The predicted molar refractivity (Wildman–Crippen MR) is 45.2 cm³/mol. The molecule has 0 radical (unpaired) electrons. The molecular formula is C9H14O2. The highest BCUT2D eigenvalue weighted by molar-refractivity contribution is 5.82. The van der Waals surface area contributed by atoms with Crippen LogP contribution < -0.4 is 0 Å². The molecule has 0 saturated heterocycles. The summed E-state index contributed by atoms with van der Waals surface area (Å²) < 4.78 is 4.68. The van der Waals surface area contributed by atoms with E-state index in [1.807, 2.05) is 19.9 Å². The number of carbonyl (C=O) groups excluding carboxylic acids is 1.